The van der Waals surface area contributed by atoms with Crippen LogP contribution in [0.3, 0.4) is 0 Å². The number of amides is 1. The summed E-state index contributed by atoms with van der Waals surface area (Å²) in [5, 5.41) is 2.76. The van der Waals surface area contributed by atoms with Crippen molar-refractivity contribution in [3.63, 3.8) is 0 Å². The number of benzene rings is 1. The molecule has 0 aliphatic heterocycles. The van der Waals surface area contributed by atoms with Crippen LogP contribution in [0.2, 0.25) is 0 Å². The summed E-state index contributed by atoms with van der Waals surface area (Å²) in [6.45, 7) is 1.81. The molecule has 0 radical (unpaired) electrons. The van der Waals surface area contributed by atoms with Crippen molar-refractivity contribution in [2.75, 3.05) is 17.7 Å². The molecule has 0 saturated heterocycles. The third-order valence-electron chi connectivity index (χ3n) is 2.12. The largest absolute Gasteiger partial charge is 0.398 e. The molecule has 94 valence electrons. The second kappa shape index (κ2) is 6.16. The van der Waals surface area contributed by atoms with Gasteiger partial charge in [0.25, 0.3) is 5.91 Å². The second-order valence-corrected chi connectivity index (χ2v) is 6.24. The van der Waals surface area contributed by atoms with Gasteiger partial charge in [-0.25, -0.2) is 0 Å². The molecule has 4 nitrogen and oxygen atoms in total. The Morgan fingerprint density at radius 1 is 1.59 bits per heavy atom. The van der Waals surface area contributed by atoms with E-state index in [9.17, 15) is 9.00 Å². The standard InChI is InChI=1S/C11H15BrN2O2S/c1-7(6-17(2)16)14-11(15)9-5-8(12)3-4-10(9)13/h3-5,7H,6,13H2,1-2H3,(H,14,15). The SMILES string of the molecule is CC(CS(C)=O)NC(=O)c1cc(Br)ccc1N. The van der Waals surface area contributed by atoms with Gasteiger partial charge in [0.1, 0.15) is 0 Å². The van der Waals surface area contributed by atoms with Gasteiger partial charge in [-0.3, -0.25) is 9.00 Å². The summed E-state index contributed by atoms with van der Waals surface area (Å²) < 4.78 is 11.8. The molecule has 1 aromatic rings. The number of nitrogens with two attached hydrogens (primary N) is 1. The summed E-state index contributed by atoms with van der Waals surface area (Å²) in [6.07, 6.45) is 1.61. The molecule has 0 saturated carbocycles. The van der Waals surface area contributed by atoms with E-state index in [4.69, 9.17) is 5.73 Å². The first-order valence-corrected chi connectivity index (χ1v) is 7.58. The highest BCUT2D eigenvalue weighted by Gasteiger charge is 2.13. The number of halogens is 1. The van der Waals surface area contributed by atoms with Gasteiger partial charge in [0.2, 0.25) is 0 Å². The molecular weight excluding hydrogens is 304 g/mol. The van der Waals surface area contributed by atoms with Crippen LogP contribution in [0.1, 0.15) is 17.3 Å². The summed E-state index contributed by atoms with van der Waals surface area (Å²) >= 11 is 3.29. The average Bonchev–Trinajstić information content (AvgIpc) is 2.20. The minimum absolute atomic E-state index is 0.147. The third kappa shape index (κ3) is 4.47. The van der Waals surface area contributed by atoms with Crippen molar-refractivity contribution in [1.82, 2.24) is 5.32 Å². The Hall–Kier alpha value is -0.880. The zero-order valence-corrected chi connectivity index (χ0v) is 12.1. The minimum atomic E-state index is -0.933. The summed E-state index contributed by atoms with van der Waals surface area (Å²) in [6, 6.07) is 4.96. The fourth-order valence-electron chi connectivity index (χ4n) is 1.42. The Balaban J connectivity index is 2.76. The Labute approximate surface area is 112 Å². The Kier molecular flexibility index (Phi) is 5.14. The lowest BCUT2D eigenvalue weighted by molar-refractivity contribution is 0.0944. The quantitative estimate of drug-likeness (QED) is 0.827. The smallest absolute Gasteiger partial charge is 0.253 e. The van der Waals surface area contributed by atoms with Crippen molar-refractivity contribution in [2.24, 2.45) is 0 Å². The molecule has 6 heteroatoms. The van der Waals surface area contributed by atoms with Crippen molar-refractivity contribution in [3.8, 4) is 0 Å². The summed E-state index contributed by atoms with van der Waals surface area (Å²) in [4.78, 5) is 11.9. The summed E-state index contributed by atoms with van der Waals surface area (Å²) in [7, 11) is -0.933. The van der Waals surface area contributed by atoms with Gasteiger partial charge in [-0.15, -0.1) is 0 Å². The first-order valence-electron chi connectivity index (χ1n) is 5.06. The van der Waals surface area contributed by atoms with Crippen LogP contribution in [0.5, 0.6) is 0 Å². The molecule has 2 atom stereocenters. The van der Waals surface area contributed by atoms with Gasteiger partial charge < -0.3 is 11.1 Å². The van der Waals surface area contributed by atoms with Crippen molar-refractivity contribution in [3.05, 3.63) is 28.2 Å². The van der Waals surface area contributed by atoms with E-state index in [1.165, 1.54) is 0 Å². The molecule has 0 fully saturated rings. The number of carbonyl (C=O) groups excluding carboxylic acids is 1. The number of rotatable bonds is 4. The van der Waals surface area contributed by atoms with Gasteiger partial charge in [0.15, 0.2) is 0 Å². The van der Waals surface area contributed by atoms with E-state index in [0.717, 1.165) is 4.47 Å². The third-order valence-corrected chi connectivity index (χ3v) is 3.58. The van der Waals surface area contributed by atoms with Crippen LogP contribution in [0.15, 0.2) is 22.7 Å². The highest BCUT2D eigenvalue weighted by molar-refractivity contribution is 9.10. The van der Waals surface area contributed by atoms with Crippen molar-refractivity contribution in [2.45, 2.75) is 13.0 Å². The van der Waals surface area contributed by atoms with Crippen LogP contribution < -0.4 is 11.1 Å². The molecule has 0 heterocycles. The minimum Gasteiger partial charge on any atom is -0.398 e. The molecule has 0 bridgehead atoms. The van der Waals surface area contributed by atoms with Gasteiger partial charge in [-0.2, -0.15) is 0 Å². The van der Waals surface area contributed by atoms with Crippen LogP contribution in [-0.2, 0) is 10.8 Å². The average molecular weight is 319 g/mol. The lowest BCUT2D eigenvalue weighted by Gasteiger charge is -2.13. The molecule has 0 aliphatic rings. The highest BCUT2D eigenvalue weighted by atomic mass is 79.9. The van der Waals surface area contributed by atoms with E-state index in [2.05, 4.69) is 21.2 Å². The number of anilines is 1. The second-order valence-electron chi connectivity index (χ2n) is 3.85. The van der Waals surface area contributed by atoms with Crippen LogP contribution in [0.4, 0.5) is 5.69 Å². The van der Waals surface area contributed by atoms with Crippen molar-refractivity contribution >= 4 is 38.3 Å². The van der Waals surface area contributed by atoms with Crippen LogP contribution in [0.25, 0.3) is 0 Å². The van der Waals surface area contributed by atoms with Crippen molar-refractivity contribution < 1.29 is 9.00 Å². The predicted molar refractivity (Wildman–Crippen MR) is 74.4 cm³/mol. The summed E-state index contributed by atoms with van der Waals surface area (Å²) in [5.41, 5.74) is 6.58. The molecular formula is C11H15BrN2O2S. The number of nitrogens with one attached hydrogen (secondary N) is 1. The Morgan fingerprint density at radius 3 is 2.82 bits per heavy atom. The predicted octanol–water partition coefficient (Wildman–Crippen LogP) is 1.53. The Morgan fingerprint density at radius 2 is 2.24 bits per heavy atom. The number of hydrogen-bond acceptors (Lipinski definition) is 3. The zero-order chi connectivity index (χ0) is 13.0. The monoisotopic (exact) mass is 318 g/mol. The molecule has 1 rings (SSSR count). The van der Waals surface area contributed by atoms with Gasteiger partial charge in [0.05, 0.1) is 5.56 Å². The number of carbonyl (C=O) groups is 1. The first kappa shape index (κ1) is 14.2. The molecule has 0 aliphatic carbocycles. The number of hydrogen-bond donors (Lipinski definition) is 2. The molecule has 0 aromatic heterocycles. The normalized spacial score (nSPS) is 14.1. The van der Waals surface area contributed by atoms with Gasteiger partial charge in [0, 0.05) is 39.0 Å². The maximum atomic E-state index is 11.9. The first-order chi connectivity index (χ1) is 7.90. The van der Waals surface area contributed by atoms with Crippen LogP contribution in [-0.4, -0.2) is 28.2 Å². The molecule has 1 amide bonds. The molecule has 17 heavy (non-hydrogen) atoms. The van der Waals surface area contributed by atoms with E-state index >= 15 is 0 Å². The Bertz CT molecular complexity index is 451. The maximum Gasteiger partial charge on any atom is 0.253 e. The fourth-order valence-corrected chi connectivity index (χ4v) is 2.57. The molecule has 3 N–H and O–H groups in total. The van der Waals surface area contributed by atoms with E-state index < -0.39 is 10.8 Å². The maximum absolute atomic E-state index is 11.9. The summed E-state index contributed by atoms with van der Waals surface area (Å²) in [5.74, 6) is 0.182. The lowest BCUT2D eigenvalue weighted by atomic mass is 10.1. The van der Waals surface area contributed by atoms with Gasteiger partial charge in [-0.05, 0) is 25.1 Å². The van der Waals surface area contributed by atoms with Gasteiger partial charge >= 0.3 is 0 Å². The molecule has 0 spiro atoms. The van der Waals surface area contributed by atoms with Crippen LogP contribution in [0, 0.1) is 0 Å². The lowest BCUT2D eigenvalue weighted by Crippen LogP contribution is -2.36. The fraction of sp³-hybridized carbons (Fsp3) is 0.364. The zero-order valence-electron chi connectivity index (χ0n) is 9.70. The van der Waals surface area contributed by atoms with E-state index in [1.54, 1.807) is 24.5 Å². The number of nitrogen functional groups attached to an aromatic ring is 1. The topological polar surface area (TPSA) is 72.2 Å². The van der Waals surface area contributed by atoms with Crippen molar-refractivity contribution in [1.29, 1.82) is 0 Å². The van der Waals surface area contributed by atoms with Gasteiger partial charge in [-0.1, -0.05) is 15.9 Å². The molecule has 1 aromatic carbocycles. The molecule has 2 unspecified atom stereocenters. The van der Waals surface area contributed by atoms with Crippen LogP contribution >= 0.6 is 15.9 Å². The highest BCUT2D eigenvalue weighted by Crippen LogP contribution is 2.18. The van der Waals surface area contributed by atoms with E-state index in [0.29, 0.717) is 17.0 Å². The van der Waals surface area contributed by atoms with E-state index in [1.807, 2.05) is 6.92 Å². The van der Waals surface area contributed by atoms with E-state index in [-0.39, 0.29) is 11.9 Å².